The number of halogens is 1. The van der Waals surface area contributed by atoms with Gasteiger partial charge in [-0.25, -0.2) is 0 Å². The molecule has 3 rings (SSSR count). The zero-order chi connectivity index (χ0) is 15.5. The third kappa shape index (κ3) is 2.97. The highest BCUT2D eigenvalue weighted by Gasteiger charge is 2.21. The van der Waals surface area contributed by atoms with Gasteiger partial charge in [0.15, 0.2) is 5.82 Å². The summed E-state index contributed by atoms with van der Waals surface area (Å²) in [4.78, 5) is 0. The standard InChI is InChI=1S/C17H19ClN4/c1-11(19)14-15(18)16(12-7-3-2-4-8-12)21-22-17(14)20-13-9-5-6-10-13/h2-4,7-8,13,19H,5-6,9-10H2,1H3,(H,20,22). The van der Waals surface area contributed by atoms with Crippen molar-refractivity contribution >= 4 is 23.1 Å². The van der Waals surface area contributed by atoms with Gasteiger partial charge in [-0.1, -0.05) is 54.8 Å². The zero-order valence-electron chi connectivity index (χ0n) is 12.6. The second-order valence-electron chi connectivity index (χ2n) is 5.70. The van der Waals surface area contributed by atoms with Crippen molar-refractivity contribution in [3.63, 3.8) is 0 Å². The summed E-state index contributed by atoms with van der Waals surface area (Å²) in [6, 6.07) is 10.1. The molecule has 1 fully saturated rings. The van der Waals surface area contributed by atoms with Crippen LogP contribution in [0.15, 0.2) is 30.3 Å². The lowest BCUT2D eigenvalue weighted by Crippen LogP contribution is -2.19. The fourth-order valence-corrected chi connectivity index (χ4v) is 3.28. The van der Waals surface area contributed by atoms with Gasteiger partial charge in [-0.2, -0.15) is 0 Å². The summed E-state index contributed by atoms with van der Waals surface area (Å²) in [6.07, 6.45) is 4.74. The van der Waals surface area contributed by atoms with Crippen LogP contribution in [0.25, 0.3) is 11.3 Å². The summed E-state index contributed by atoms with van der Waals surface area (Å²) >= 11 is 6.55. The fourth-order valence-electron chi connectivity index (χ4n) is 2.90. The monoisotopic (exact) mass is 314 g/mol. The minimum atomic E-state index is 0.401. The Balaban J connectivity index is 2.02. The Morgan fingerprint density at radius 2 is 1.86 bits per heavy atom. The summed E-state index contributed by atoms with van der Waals surface area (Å²) in [5.74, 6) is 0.629. The molecule has 0 unspecified atom stereocenters. The minimum Gasteiger partial charge on any atom is -0.365 e. The zero-order valence-corrected chi connectivity index (χ0v) is 13.3. The van der Waals surface area contributed by atoms with Gasteiger partial charge in [-0.3, -0.25) is 0 Å². The summed E-state index contributed by atoms with van der Waals surface area (Å²) in [6.45, 7) is 1.73. The Hall–Kier alpha value is -1.94. The van der Waals surface area contributed by atoms with Crippen molar-refractivity contribution in [3.8, 4) is 11.3 Å². The van der Waals surface area contributed by atoms with Crippen molar-refractivity contribution < 1.29 is 0 Å². The van der Waals surface area contributed by atoms with Crippen molar-refractivity contribution in [3.05, 3.63) is 40.9 Å². The molecule has 1 aliphatic carbocycles. The SMILES string of the molecule is CC(=N)c1c(NC2CCCC2)nnc(-c2ccccc2)c1Cl. The average Bonchev–Trinajstić information content (AvgIpc) is 3.01. The molecule has 1 heterocycles. The number of nitrogens with zero attached hydrogens (tertiary/aromatic N) is 2. The molecule has 0 saturated heterocycles. The molecule has 0 bridgehead atoms. The molecule has 22 heavy (non-hydrogen) atoms. The van der Waals surface area contributed by atoms with Crippen LogP contribution in [0.5, 0.6) is 0 Å². The van der Waals surface area contributed by atoms with E-state index in [4.69, 9.17) is 17.0 Å². The number of rotatable bonds is 4. The molecule has 5 heteroatoms. The van der Waals surface area contributed by atoms with Gasteiger partial charge in [0, 0.05) is 17.3 Å². The molecule has 1 aromatic heterocycles. The van der Waals surface area contributed by atoms with E-state index in [0.717, 1.165) is 18.4 Å². The Morgan fingerprint density at radius 3 is 2.50 bits per heavy atom. The van der Waals surface area contributed by atoms with Gasteiger partial charge in [0.2, 0.25) is 0 Å². The predicted octanol–water partition coefficient (Wildman–Crippen LogP) is 4.54. The van der Waals surface area contributed by atoms with Gasteiger partial charge < -0.3 is 10.7 Å². The average molecular weight is 315 g/mol. The fraction of sp³-hybridized carbons (Fsp3) is 0.353. The van der Waals surface area contributed by atoms with Crippen LogP contribution < -0.4 is 5.32 Å². The lowest BCUT2D eigenvalue weighted by atomic mass is 10.1. The minimum absolute atomic E-state index is 0.401. The molecule has 0 atom stereocenters. The molecule has 0 radical (unpaired) electrons. The van der Waals surface area contributed by atoms with Crippen molar-refractivity contribution in [1.82, 2.24) is 10.2 Å². The largest absolute Gasteiger partial charge is 0.365 e. The predicted molar refractivity (Wildman–Crippen MR) is 90.9 cm³/mol. The second-order valence-corrected chi connectivity index (χ2v) is 6.08. The van der Waals surface area contributed by atoms with Crippen molar-refractivity contribution in [1.29, 1.82) is 5.41 Å². The second kappa shape index (κ2) is 6.44. The third-order valence-electron chi connectivity index (χ3n) is 4.03. The van der Waals surface area contributed by atoms with Crippen LogP contribution in [0.3, 0.4) is 0 Å². The third-order valence-corrected chi connectivity index (χ3v) is 4.40. The van der Waals surface area contributed by atoms with Crippen LogP contribution in [-0.4, -0.2) is 22.0 Å². The molecule has 0 aliphatic heterocycles. The molecule has 0 spiro atoms. The molecule has 4 nitrogen and oxygen atoms in total. The molecular weight excluding hydrogens is 296 g/mol. The summed E-state index contributed by atoms with van der Waals surface area (Å²) < 4.78 is 0. The maximum atomic E-state index is 8.06. The van der Waals surface area contributed by atoms with Crippen LogP contribution in [0.1, 0.15) is 38.2 Å². The normalized spacial score (nSPS) is 15.0. The van der Waals surface area contributed by atoms with E-state index in [0.29, 0.717) is 33.9 Å². The van der Waals surface area contributed by atoms with Crippen LogP contribution in [0.2, 0.25) is 5.02 Å². The highest BCUT2D eigenvalue weighted by Crippen LogP contribution is 2.33. The lowest BCUT2D eigenvalue weighted by molar-refractivity contribution is 0.746. The van der Waals surface area contributed by atoms with E-state index < -0.39 is 0 Å². The van der Waals surface area contributed by atoms with E-state index in [-0.39, 0.29) is 0 Å². The smallest absolute Gasteiger partial charge is 0.159 e. The van der Waals surface area contributed by atoms with Crippen LogP contribution in [0, 0.1) is 5.41 Å². The van der Waals surface area contributed by atoms with Crippen molar-refractivity contribution in [2.24, 2.45) is 0 Å². The Labute approximate surface area is 135 Å². The van der Waals surface area contributed by atoms with Gasteiger partial charge in [-0.05, 0) is 19.8 Å². The van der Waals surface area contributed by atoms with E-state index in [1.54, 1.807) is 6.92 Å². The quantitative estimate of drug-likeness (QED) is 0.814. The number of anilines is 1. The van der Waals surface area contributed by atoms with Gasteiger partial charge in [0.05, 0.1) is 10.6 Å². The molecule has 2 N–H and O–H groups in total. The maximum Gasteiger partial charge on any atom is 0.159 e. The number of hydrogen-bond acceptors (Lipinski definition) is 4. The molecule has 1 saturated carbocycles. The van der Waals surface area contributed by atoms with Gasteiger partial charge in [0.1, 0.15) is 5.69 Å². The number of aromatic nitrogens is 2. The van der Waals surface area contributed by atoms with E-state index in [1.807, 2.05) is 30.3 Å². The topological polar surface area (TPSA) is 61.7 Å². The van der Waals surface area contributed by atoms with Crippen molar-refractivity contribution in [2.45, 2.75) is 38.6 Å². The van der Waals surface area contributed by atoms with Gasteiger partial charge >= 0.3 is 0 Å². The number of benzene rings is 1. The molecule has 2 aromatic rings. The Bertz CT molecular complexity index is 679. The highest BCUT2D eigenvalue weighted by molar-refractivity contribution is 6.37. The first-order valence-corrected chi connectivity index (χ1v) is 7.98. The summed E-state index contributed by atoms with van der Waals surface area (Å²) in [5, 5.41) is 20.6. The molecule has 0 amide bonds. The lowest BCUT2D eigenvalue weighted by Gasteiger charge is -2.17. The van der Waals surface area contributed by atoms with Gasteiger partial charge in [-0.15, -0.1) is 10.2 Å². The first kappa shape index (κ1) is 15.0. The summed E-state index contributed by atoms with van der Waals surface area (Å²) in [7, 11) is 0. The van der Waals surface area contributed by atoms with E-state index >= 15 is 0 Å². The number of nitrogens with one attached hydrogen (secondary N) is 2. The molecular formula is C17H19ClN4. The van der Waals surface area contributed by atoms with Crippen LogP contribution >= 0.6 is 11.6 Å². The van der Waals surface area contributed by atoms with Crippen LogP contribution in [0.4, 0.5) is 5.82 Å². The molecule has 114 valence electrons. The first-order chi connectivity index (χ1) is 10.7. The Morgan fingerprint density at radius 1 is 1.18 bits per heavy atom. The molecule has 1 aliphatic rings. The van der Waals surface area contributed by atoms with E-state index in [1.165, 1.54) is 12.8 Å². The van der Waals surface area contributed by atoms with E-state index in [2.05, 4.69) is 15.5 Å². The van der Waals surface area contributed by atoms with E-state index in [9.17, 15) is 0 Å². The van der Waals surface area contributed by atoms with Crippen LogP contribution in [-0.2, 0) is 0 Å². The maximum absolute atomic E-state index is 8.06. The highest BCUT2D eigenvalue weighted by atomic mass is 35.5. The van der Waals surface area contributed by atoms with Crippen molar-refractivity contribution in [2.75, 3.05) is 5.32 Å². The van der Waals surface area contributed by atoms with Gasteiger partial charge in [0.25, 0.3) is 0 Å². The molecule has 1 aromatic carbocycles. The first-order valence-electron chi connectivity index (χ1n) is 7.60. The number of hydrogen-bond donors (Lipinski definition) is 2. The Kier molecular flexibility index (Phi) is 4.39. The summed E-state index contributed by atoms with van der Waals surface area (Å²) in [5.41, 5.74) is 2.59.